The zero-order valence-corrected chi connectivity index (χ0v) is 22.4. The molecule has 0 saturated carbocycles. The summed E-state index contributed by atoms with van der Waals surface area (Å²) in [4.78, 5) is 49.5. The third kappa shape index (κ3) is 10.0. The summed E-state index contributed by atoms with van der Waals surface area (Å²) in [6.45, 7) is 5.78. The van der Waals surface area contributed by atoms with Crippen molar-refractivity contribution in [2.45, 2.75) is 25.9 Å². The van der Waals surface area contributed by atoms with E-state index in [1.54, 1.807) is 30.3 Å². The van der Waals surface area contributed by atoms with E-state index in [4.69, 9.17) is 21.5 Å². The van der Waals surface area contributed by atoms with E-state index in [9.17, 15) is 32.7 Å². The van der Waals surface area contributed by atoms with Gasteiger partial charge in [-0.05, 0) is 36.8 Å². The van der Waals surface area contributed by atoms with E-state index >= 15 is 0 Å². The van der Waals surface area contributed by atoms with Crippen LogP contribution in [0.3, 0.4) is 0 Å². The molecule has 2 amide bonds. The number of aromatic carboxylic acids is 1. The number of benzene rings is 2. The minimum atomic E-state index is -5.08. The Balaban J connectivity index is 0.000000708. The lowest BCUT2D eigenvalue weighted by Crippen LogP contribution is -2.49. The van der Waals surface area contributed by atoms with Crippen molar-refractivity contribution in [2.75, 3.05) is 49.5 Å². The molecule has 0 spiro atoms. The summed E-state index contributed by atoms with van der Waals surface area (Å²) in [5.41, 5.74) is 1.53. The van der Waals surface area contributed by atoms with Crippen LogP contribution in [0.15, 0.2) is 42.5 Å². The Morgan fingerprint density at radius 3 is 2.17 bits per heavy atom. The van der Waals surface area contributed by atoms with Crippen molar-refractivity contribution in [3.8, 4) is 0 Å². The van der Waals surface area contributed by atoms with Crippen LogP contribution in [0, 0.1) is 0 Å². The van der Waals surface area contributed by atoms with Crippen LogP contribution in [0.25, 0.3) is 0 Å². The van der Waals surface area contributed by atoms with Gasteiger partial charge in [-0.2, -0.15) is 13.2 Å². The van der Waals surface area contributed by atoms with Gasteiger partial charge >= 0.3 is 18.1 Å². The highest BCUT2D eigenvalue weighted by molar-refractivity contribution is 6.34. The highest BCUT2D eigenvalue weighted by Gasteiger charge is 2.38. The number of halogens is 4. The highest BCUT2D eigenvalue weighted by atomic mass is 35.5. The highest BCUT2D eigenvalue weighted by Crippen LogP contribution is 2.29. The predicted molar refractivity (Wildman–Crippen MR) is 143 cm³/mol. The SMILES string of the molecule is CCCCNC(=O)CN1CCN(c2ccc(C(=O)O)cc2NC(=O)c2ccccc2Cl)CC1.O=C(O)C(F)(F)F. The van der Waals surface area contributed by atoms with Crippen molar-refractivity contribution in [1.29, 1.82) is 0 Å². The van der Waals surface area contributed by atoms with E-state index < -0.39 is 24.0 Å². The molecule has 1 aliphatic rings. The van der Waals surface area contributed by atoms with Gasteiger partial charge in [-0.1, -0.05) is 37.1 Å². The van der Waals surface area contributed by atoms with Crippen molar-refractivity contribution in [2.24, 2.45) is 0 Å². The number of aliphatic carboxylic acids is 1. The molecular formula is C26H30ClF3N4O6. The molecule has 1 fully saturated rings. The molecule has 0 unspecified atom stereocenters. The topological polar surface area (TPSA) is 139 Å². The summed E-state index contributed by atoms with van der Waals surface area (Å²) in [6, 6.07) is 11.4. The number of carboxylic acid groups (broad SMARTS) is 2. The molecule has 0 aliphatic carbocycles. The molecule has 2 aromatic rings. The first-order valence-corrected chi connectivity index (χ1v) is 12.7. The third-order valence-electron chi connectivity index (χ3n) is 5.79. The molecule has 2 aromatic carbocycles. The van der Waals surface area contributed by atoms with E-state index in [2.05, 4.69) is 27.4 Å². The number of piperazine rings is 1. The van der Waals surface area contributed by atoms with Crippen LogP contribution in [0.4, 0.5) is 24.5 Å². The number of anilines is 2. The second-order valence-electron chi connectivity index (χ2n) is 8.74. The summed E-state index contributed by atoms with van der Waals surface area (Å²) in [5, 5.41) is 22.6. The normalized spacial score (nSPS) is 13.6. The lowest BCUT2D eigenvalue weighted by molar-refractivity contribution is -0.192. The van der Waals surface area contributed by atoms with E-state index in [1.807, 2.05) is 0 Å². The Kier molecular flexibility index (Phi) is 12.2. The fourth-order valence-electron chi connectivity index (χ4n) is 3.69. The predicted octanol–water partition coefficient (Wildman–Crippen LogP) is 3.96. The quantitative estimate of drug-likeness (QED) is 0.324. The summed E-state index contributed by atoms with van der Waals surface area (Å²) in [7, 11) is 0. The van der Waals surface area contributed by atoms with Crippen LogP contribution in [0.2, 0.25) is 5.02 Å². The number of carboxylic acids is 2. The summed E-state index contributed by atoms with van der Waals surface area (Å²) in [6.07, 6.45) is -3.08. The molecule has 1 aliphatic heterocycles. The van der Waals surface area contributed by atoms with Crippen molar-refractivity contribution in [3.05, 3.63) is 58.6 Å². The first kappa shape index (κ1) is 32.4. The Labute approximate surface area is 233 Å². The Morgan fingerprint density at radius 1 is 1.00 bits per heavy atom. The van der Waals surface area contributed by atoms with E-state index in [0.717, 1.165) is 18.5 Å². The van der Waals surface area contributed by atoms with E-state index in [0.29, 0.717) is 55.5 Å². The number of alkyl halides is 3. The molecular weight excluding hydrogens is 557 g/mol. The molecule has 14 heteroatoms. The maximum Gasteiger partial charge on any atom is 0.490 e. The van der Waals surface area contributed by atoms with Gasteiger partial charge in [0.1, 0.15) is 0 Å². The lowest BCUT2D eigenvalue weighted by Gasteiger charge is -2.36. The first-order chi connectivity index (χ1) is 18.8. The summed E-state index contributed by atoms with van der Waals surface area (Å²) >= 11 is 6.15. The van der Waals surface area contributed by atoms with Gasteiger partial charge in [0.15, 0.2) is 0 Å². The van der Waals surface area contributed by atoms with Crippen LogP contribution in [0.5, 0.6) is 0 Å². The van der Waals surface area contributed by atoms with Crippen molar-refractivity contribution in [1.82, 2.24) is 10.2 Å². The number of carbonyl (C=O) groups excluding carboxylic acids is 2. The van der Waals surface area contributed by atoms with Gasteiger partial charge in [0.2, 0.25) is 5.91 Å². The number of amides is 2. The molecule has 0 radical (unpaired) electrons. The van der Waals surface area contributed by atoms with E-state index in [-0.39, 0.29) is 11.5 Å². The van der Waals surface area contributed by atoms with Crippen LogP contribution in [-0.2, 0) is 9.59 Å². The second kappa shape index (κ2) is 15.1. The number of unbranched alkanes of at least 4 members (excludes halogenated alkanes) is 1. The third-order valence-corrected chi connectivity index (χ3v) is 6.11. The molecule has 1 heterocycles. The molecule has 4 N–H and O–H groups in total. The van der Waals surface area contributed by atoms with Gasteiger partial charge < -0.3 is 25.7 Å². The molecule has 0 bridgehead atoms. The van der Waals surface area contributed by atoms with Crippen LogP contribution in [-0.4, -0.2) is 84.3 Å². The number of nitrogens with one attached hydrogen (secondary N) is 2. The zero-order valence-electron chi connectivity index (χ0n) is 21.6. The number of carbonyl (C=O) groups is 4. The van der Waals surface area contributed by atoms with Gasteiger partial charge in [0.25, 0.3) is 5.91 Å². The number of hydrogen-bond acceptors (Lipinski definition) is 6. The van der Waals surface area contributed by atoms with Gasteiger partial charge in [-0.15, -0.1) is 0 Å². The minimum absolute atomic E-state index is 0.0235. The number of nitrogens with zero attached hydrogens (tertiary/aromatic N) is 2. The van der Waals surface area contributed by atoms with Crippen LogP contribution >= 0.6 is 11.6 Å². The van der Waals surface area contributed by atoms with Crippen molar-refractivity contribution < 1.29 is 42.6 Å². The molecule has 0 aromatic heterocycles. The van der Waals surface area contributed by atoms with E-state index in [1.165, 1.54) is 12.1 Å². The molecule has 40 heavy (non-hydrogen) atoms. The van der Waals surface area contributed by atoms with Crippen LogP contribution in [0.1, 0.15) is 40.5 Å². The Bertz CT molecular complexity index is 1200. The molecule has 1 saturated heterocycles. The molecule has 3 rings (SSSR count). The fourth-order valence-corrected chi connectivity index (χ4v) is 3.91. The van der Waals surface area contributed by atoms with Gasteiger partial charge in [0, 0.05) is 32.7 Å². The van der Waals surface area contributed by atoms with Crippen LogP contribution < -0.4 is 15.5 Å². The standard InChI is InChI=1S/C24H29ClN4O4.C2HF3O2/c1-2-3-10-26-22(30)16-28-11-13-29(14-12-28)21-9-8-17(24(32)33)15-20(21)27-23(31)18-6-4-5-7-19(18)25;3-2(4,5)1(6)7/h4-9,15H,2-3,10-14,16H2,1H3,(H,26,30)(H,27,31)(H,32,33);(H,6,7). The smallest absolute Gasteiger partial charge is 0.478 e. The number of rotatable bonds is 9. The Morgan fingerprint density at radius 2 is 1.62 bits per heavy atom. The average Bonchev–Trinajstić information content (AvgIpc) is 2.89. The zero-order chi connectivity index (χ0) is 29.9. The summed E-state index contributed by atoms with van der Waals surface area (Å²) in [5.74, 6) is -4.22. The number of hydrogen-bond donors (Lipinski definition) is 4. The molecule has 10 nitrogen and oxygen atoms in total. The van der Waals surface area contributed by atoms with Crippen molar-refractivity contribution in [3.63, 3.8) is 0 Å². The summed E-state index contributed by atoms with van der Waals surface area (Å²) < 4.78 is 31.7. The lowest BCUT2D eigenvalue weighted by atomic mass is 10.1. The molecule has 218 valence electrons. The molecule has 0 atom stereocenters. The average molecular weight is 587 g/mol. The van der Waals surface area contributed by atoms with Gasteiger partial charge in [-0.3, -0.25) is 14.5 Å². The maximum absolute atomic E-state index is 12.8. The maximum atomic E-state index is 12.8. The first-order valence-electron chi connectivity index (χ1n) is 12.3. The monoisotopic (exact) mass is 586 g/mol. The fraction of sp³-hybridized carbons (Fsp3) is 0.385. The Hall–Kier alpha value is -3.84. The van der Waals surface area contributed by atoms with Crippen molar-refractivity contribution >= 4 is 46.7 Å². The van der Waals surface area contributed by atoms with Gasteiger partial charge in [-0.25, -0.2) is 9.59 Å². The van der Waals surface area contributed by atoms with Gasteiger partial charge in [0.05, 0.1) is 34.1 Å². The minimum Gasteiger partial charge on any atom is -0.478 e. The second-order valence-corrected chi connectivity index (χ2v) is 9.15. The largest absolute Gasteiger partial charge is 0.490 e.